The van der Waals surface area contributed by atoms with E-state index in [1.807, 2.05) is 18.2 Å². The summed E-state index contributed by atoms with van der Waals surface area (Å²) in [6.07, 6.45) is 0.863. The maximum absolute atomic E-state index is 10.8. The molecule has 0 radical (unpaired) electrons. The van der Waals surface area contributed by atoms with E-state index in [4.69, 9.17) is 9.47 Å². The van der Waals surface area contributed by atoms with Crippen molar-refractivity contribution in [3.05, 3.63) is 35.9 Å². The standard InChI is InChI=1S/C16H20O3/c1-4-8-16(19-14(3)18-13(2)17)12-11-15-9-6-5-7-10-15/h5-7,9-10,14,16H,11-12H2,1-3H3. The number of rotatable bonds is 6. The summed E-state index contributed by atoms with van der Waals surface area (Å²) in [7, 11) is 0. The van der Waals surface area contributed by atoms with Gasteiger partial charge < -0.3 is 9.47 Å². The Balaban J connectivity index is 2.48. The average Bonchev–Trinajstić information content (AvgIpc) is 2.36. The summed E-state index contributed by atoms with van der Waals surface area (Å²) >= 11 is 0. The van der Waals surface area contributed by atoms with Gasteiger partial charge in [-0.15, -0.1) is 5.92 Å². The SMILES string of the molecule is CC#CC(CCc1ccccc1)OC(C)OC(C)=O. The van der Waals surface area contributed by atoms with E-state index in [1.165, 1.54) is 12.5 Å². The topological polar surface area (TPSA) is 35.5 Å². The molecule has 0 aliphatic carbocycles. The van der Waals surface area contributed by atoms with Crippen LogP contribution in [0, 0.1) is 11.8 Å². The summed E-state index contributed by atoms with van der Waals surface area (Å²) in [5.74, 6) is 5.49. The van der Waals surface area contributed by atoms with Crippen molar-refractivity contribution in [2.24, 2.45) is 0 Å². The van der Waals surface area contributed by atoms with Crippen molar-refractivity contribution in [1.29, 1.82) is 0 Å². The molecular weight excluding hydrogens is 240 g/mol. The molecule has 0 N–H and O–H groups in total. The number of hydrogen-bond donors (Lipinski definition) is 0. The lowest BCUT2D eigenvalue weighted by Gasteiger charge is -2.18. The number of ether oxygens (including phenoxy) is 2. The summed E-state index contributed by atoms with van der Waals surface area (Å²) in [6, 6.07) is 10.2. The molecule has 1 rings (SSSR count). The van der Waals surface area contributed by atoms with Gasteiger partial charge in [0, 0.05) is 6.92 Å². The summed E-state index contributed by atoms with van der Waals surface area (Å²) < 4.78 is 10.6. The van der Waals surface area contributed by atoms with Gasteiger partial charge in [-0.25, -0.2) is 0 Å². The third kappa shape index (κ3) is 6.64. The van der Waals surface area contributed by atoms with Gasteiger partial charge in [-0.3, -0.25) is 4.79 Å². The molecule has 19 heavy (non-hydrogen) atoms. The number of carbonyl (C=O) groups excluding carboxylic acids is 1. The van der Waals surface area contributed by atoms with Crippen LogP contribution in [0.5, 0.6) is 0 Å². The van der Waals surface area contributed by atoms with E-state index in [2.05, 4.69) is 24.0 Å². The van der Waals surface area contributed by atoms with Crippen LogP contribution >= 0.6 is 0 Å². The molecule has 2 unspecified atom stereocenters. The first-order chi connectivity index (χ1) is 9.11. The lowest BCUT2D eigenvalue weighted by molar-refractivity contribution is -0.177. The predicted octanol–water partition coefficient (Wildman–Crippen LogP) is 2.94. The van der Waals surface area contributed by atoms with E-state index >= 15 is 0 Å². The monoisotopic (exact) mass is 260 g/mol. The van der Waals surface area contributed by atoms with Crippen molar-refractivity contribution in [2.45, 2.75) is 46.0 Å². The Morgan fingerprint density at radius 3 is 2.58 bits per heavy atom. The predicted molar refractivity (Wildman–Crippen MR) is 74.3 cm³/mol. The number of esters is 1. The van der Waals surface area contributed by atoms with Crippen molar-refractivity contribution in [3.8, 4) is 11.8 Å². The summed E-state index contributed by atoms with van der Waals surface area (Å²) in [6.45, 7) is 4.84. The van der Waals surface area contributed by atoms with Gasteiger partial charge in [0.25, 0.3) is 0 Å². The second-order valence-electron chi connectivity index (χ2n) is 4.22. The first kappa shape index (κ1) is 15.3. The lowest BCUT2D eigenvalue weighted by Crippen LogP contribution is -2.23. The van der Waals surface area contributed by atoms with Crippen LogP contribution in [0.1, 0.15) is 32.8 Å². The molecule has 0 aromatic heterocycles. The molecule has 0 saturated carbocycles. The number of benzene rings is 1. The molecule has 0 amide bonds. The van der Waals surface area contributed by atoms with E-state index in [0.717, 1.165) is 12.8 Å². The quantitative estimate of drug-likeness (QED) is 0.448. The molecule has 1 aromatic rings. The van der Waals surface area contributed by atoms with Gasteiger partial charge in [0.2, 0.25) is 6.29 Å². The molecule has 3 heteroatoms. The molecule has 2 atom stereocenters. The van der Waals surface area contributed by atoms with Gasteiger partial charge in [-0.05, 0) is 32.3 Å². The van der Waals surface area contributed by atoms with Crippen molar-refractivity contribution in [2.75, 3.05) is 0 Å². The largest absolute Gasteiger partial charge is 0.436 e. The first-order valence-electron chi connectivity index (χ1n) is 6.40. The fourth-order valence-electron chi connectivity index (χ4n) is 1.77. The molecule has 0 saturated heterocycles. The molecule has 0 aliphatic rings. The van der Waals surface area contributed by atoms with Gasteiger partial charge in [0.05, 0.1) is 0 Å². The Morgan fingerprint density at radius 2 is 2.00 bits per heavy atom. The van der Waals surface area contributed by atoms with Crippen LogP contribution in [0.15, 0.2) is 30.3 Å². The van der Waals surface area contributed by atoms with Crippen molar-refractivity contribution in [3.63, 3.8) is 0 Å². The highest BCUT2D eigenvalue weighted by Crippen LogP contribution is 2.09. The summed E-state index contributed by atoms with van der Waals surface area (Å²) in [5.41, 5.74) is 1.24. The van der Waals surface area contributed by atoms with E-state index in [9.17, 15) is 4.79 Å². The third-order valence-electron chi connectivity index (χ3n) is 2.53. The fourth-order valence-corrected chi connectivity index (χ4v) is 1.77. The minimum atomic E-state index is -0.570. The van der Waals surface area contributed by atoms with Crippen molar-refractivity contribution in [1.82, 2.24) is 0 Å². The first-order valence-corrected chi connectivity index (χ1v) is 6.40. The van der Waals surface area contributed by atoms with E-state index in [1.54, 1.807) is 13.8 Å². The van der Waals surface area contributed by atoms with E-state index in [0.29, 0.717) is 0 Å². The highest BCUT2D eigenvalue weighted by atomic mass is 16.7. The Morgan fingerprint density at radius 1 is 1.32 bits per heavy atom. The van der Waals surface area contributed by atoms with Gasteiger partial charge in [-0.1, -0.05) is 36.3 Å². The maximum atomic E-state index is 10.8. The Hall–Kier alpha value is -1.79. The second kappa shape index (κ2) is 8.34. The molecule has 0 fully saturated rings. The van der Waals surface area contributed by atoms with Crippen molar-refractivity contribution >= 4 is 5.97 Å². The Kier molecular flexibility index (Phi) is 6.70. The molecular formula is C16H20O3. The molecule has 0 heterocycles. The zero-order valence-electron chi connectivity index (χ0n) is 11.7. The van der Waals surface area contributed by atoms with Gasteiger partial charge >= 0.3 is 5.97 Å². The second-order valence-corrected chi connectivity index (χ2v) is 4.22. The van der Waals surface area contributed by atoms with Crippen LogP contribution in [0.2, 0.25) is 0 Å². The molecule has 0 spiro atoms. The van der Waals surface area contributed by atoms with Crippen LogP contribution in [0.3, 0.4) is 0 Å². The average molecular weight is 260 g/mol. The molecule has 0 bridgehead atoms. The fraction of sp³-hybridized carbons (Fsp3) is 0.438. The van der Waals surface area contributed by atoms with Gasteiger partial charge in [0.15, 0.2) is 0 Å². The van der Waals surface area contributed by atoms with Crippen LogP contribution in [-0.2, 0) is 20.7 Å². The third-order valence-corrected chi connectivity index (χ3v) is 2.53. The van der Waals surface area contributed by atoms with Gasteiger partial charge in [0.1, 0.15) is 6.10 Å². The van der Waals surface area contributed by atoms with Crippen molar-refractivity contribution < 1.29 is 14.3 Å². The molecule has 102 valence electrons. The van der Waals surface area contributed by atoms with Crippen LogP contribution in [-0.4, -0.2) is 18.4 Å². The molecule has 0 aliphatic heterocycles. The Bertz CT molecular complexity index is 442. The highest BCUT2D eigenvalue weighted by Gasteiger charge is 2.13. The summed E-state index contributed by atoms with van der Waals surface area (Å²) in [4.78, 5) is 10.8. The summed E-state index contributed by atoms with van der Waals surface area (Å²) in [5, 5.41) is 0. The van der Waals surface area contributed by atoms with E-state index < -0.39 is 6.29 Å². The number of aryl methyl sites for hydroxylation is 1. The van der Waals surface area contributed by atoms with Crippen LogP contribution < -0.4 is 0 Å². The zero-order chi connectivity index (χ0) is 14.1. The maximum Gasteiger partial charge on any atom is 0.304 e. The Labute approximate surface area is 114 Å². The lowest BCUT2D eigenvalue weighted by atomic mass is 10.1. The van der Waals surface area contributed by atoms with Gasteiger partial charge in [-0.2, -0.15) is 0 Å². The molecule has 1 aromatic carbocycles. The minimum absolute atomic E-state index is 0.223. The number of carbonyl (C=O) groups is 1. The van der Waals surface area contributed by atoms with Crippen LogP contribution in [0.4, 0.5) is 0 Å². The smallest absolute Gasteiger partial charge is 0.304 e. The number of hydrogen-bond acceptors (Lipinski definition) is 3. The molecule has 3 nitrogen and oxygen atoms in total. The highest BCUT2D eigenvalue weighted by molar-refractivity contribution is 5.65. The van der Waals surface area contributed by atoms with Crippen LogP contribution in [0.25, 0.3) is 0 Å². The minimum Gasteiger partial charge on any atom is -0.436 e. The van der Waals surface area contributed by atoms with E-state index in [-0.39, 0.29) is 12.1 Å². The zero-order valence-corrected chi connectivity index (χ0v) is 11.7. The normalized spacial score (nSPS) is 13.0.